The number of carbonyl (C=O) groups is 1. The maximum atomic E-state index is 12.1. The van der Waals surface area contributed by atoms with Crippen molar-refractivity contribution in [2.24, 2.45) is 5.92 Å². The van der Waals surface area contributed by atoms with Crippen molar-refractivity contribution < 1.29 is 4.79 Å². The van der Waals surface area contributed by atoms with Crippen molar-refractivity contribution in [2.45, 2.75) is 55.2 Å². The third-order valence-electron chi connectivity index (χ3n) is 3.58. The largest absolute Gasteiger partial charge is 0.358 e. The second-order valence-electron chi connectivity index (χ2n) is 5.84. The number of likely N-dealkylation sites (N-methyl/N-ethyl adjacent to an activating group) is 1. The van der Waals surface area contributed by atoms with E-state index in [-0.39, 0.29) is 11.9 Å². The zero-order valence-corrected chi connectivity index (χ0v) is 14.2. The Hall–Kier alpha value is -0.520. The molecule has 1 aromatic heterocycles. The number of thiophene rings is 1. The molecule has 1 aliphatic rings. The van der Waals surface area contributed by atoms with Crippen molar-refractivity contribution in [2.75, 3.05) is 7.05 Å². The second kappa shape index (κ2) is 6.96. The Kier molecular flexibility index (Phi) is 5.52. The Labute approximate surface area is 129 Å². The van der Waals surface area contributed by atoms with E-state index in [0.29, 0.717) is 17.2 Å². The molecular formula is C15H24N2OS2. The molecule has 0 aliphatic carbocycles. The topological polar surface area (TPSA) is 41.1 Å². The number of rotatable bonds is 5. The molecule has 2 N–H and O–H groups in total. The van der Waals surface area contributed by atoms with Gasteiger partial charge < -0.3 is 5.32 Å². The number of hydrogen-bond acceptors (Lipinski definition) is 4. The molecular weight excluding hydrogens is 288 g/mol. The first-order valence-electron chi connectivity index (χ1n) is 7.23. The Morgan fingerprint density at radius 1 is 1.50 bits per heavy atom. The quantitative estimate of drug-likeness (QED) is 0.875. The molecule has 1 aromatic rings. The van der Waals surface area contributed by atoms with E-state index in [0.717, 1.165) is 12.8 Å². The van der Waals surface area contributed by atoms with Gasteiger partial charge in [-0.25, -0.2) is 0 Å². The van der Waals surface area contributed by atoms with E-state index in [2.05, 4.69) is 42.9 Å². The molecule has 0 saturated heterocycles. The number of carbonyl (C=O) groups excluding carboxylic acids is 1. The average Bonchev–Trinajstić information content (AvgIpc) is 2.84. The molecule has 1 amide bonds. The van der Waals surface area contributed by atoms with Gasteiger partial charge in [0.05, 0.1) is 10.3 Å². The molecule has 0 bridgehead atoms. The van der Waals surface area contributed by atoms with E-state index in [1.807, 2.05) is 23.1 Å². The lowest BCUT2D eigenvalue weighted by Gasteiger charge is -2.31. The van der Waals surface area contributed by atoms with Crippen LogP contribution in [-0.4, -0.2) is 24.2 Å². The Bertz CT molecular complexity index is 458. The van der Waals surface area contributed by atoms with E-state index in [4.69, 9.17) is 0 Å². The van der Waals surface area contributed by atoms with Gasteiger partial charge in [-0.3, -0.25) is 10.1 Å². The van der Waals surface area contributed by atoms with Gasteiger partial charge in [0.1, 0.15) is 0 Å². The molecule has 0 spiro atoms. The van der Waals surface area contributed by atoms with Gasteiger partial charge >= 0.3 is 0 Å². The van der Waals surface area contributed by atoms with Crippen molar-refractivity contribution in [3.05, 3.63) is 17.0 Å². The van der Waals surface area contributed by atoms with Crippen molar-refractivity contribution >= 4 is 29.0 Å². The second-order valence-corrected chi connectivity index (χ2v) is 8.47. The zero-order chi connectivity index (χ0) is 14.7. The highest BCUT2D eigenvalue weighted by Gasteiger charge is 2.30. The van der Waals surface area contributed by atoms with Gasteiger partial charge in [-0.05, 0) is 35.8 Å². The van der Waals surface area contributed by atoms with Gasteiger partial charge in [-0.1, -0.05) is 20.8 Å². The van der Waals surface area contributed by atoms with Crippen LogP contribution in [0.25, 0.3) is 0 Å². The predicted molar refractivity (Wildman–Crippen MR) is 87.4 cm³/mol. The summed E-state index contributed by atoms with van der Waals surface area (Å²) in [5.41, 5.74) is 1.37. The van der Waals surface area contributed by atoms with Crippen LogP contribution in [0.3, 0.4) is 0 Å². The lowest BCUT2D eigenvalue weighted by atomic mass is 9.98. The third-order valence-corrected chi connectivity index (χ3v) is 5.93. The molecule has 112 valence electrons. The van der Waals surface area contributed by atoms with Gasteiger partial charge in [0, 0.05) is 18.3 Å². The number of hydrogen-bond donors (Lipinski definition) is 2. The molecule has 2 unspecified atom stereocenters. The predicted octanol–water partition coefficient (Wildman–Crippen LogP) is 3.42. The molecule has 3 atom stereocenters. The molecule has 0 saturated carbocycles. The van der Waals surface area contributed by atoms with Crippen LogP contribution in [0.15, 0.2) is 15.7 Å². The number of amides is 1. The third kappa shape index (κ3) is 3.77. The first kappa shape index (κ1) is 15.9. The lowest BCUT2D eigenvalue weighted by molar-refractivity contribution is -0.123. The molecule has 1 aliphatic heterocycles. The Morgan fingerprint density at radius 3 is 2.90 bits per heavy atom. The fourth-order valence-electron chi connectivity index (χ4n) is 2.65. The highest BCUT2D eigenvalue weighted by Crippen LogP contribution is 2.43. The molecule has 5 heteroatoms. The molecule has 0 fully saturated rings. The summed E-state index contributed by atoms with van der Waals surface area (Å²) in [5.74, 6) is 0.600. The monoisotopic (exact) mass is 312 g/mol. The summed E-state index contributed by atoms with van der Waals surface area (Å²) >= 11 is 3.77. The van der Waals surface area contributed by atoms with E-state index < -0.39 is 0 Å². The van der Waals surface area contributed by atoms with Crippen molar-refractivity contribution in [3.63, 3.8) is 0 Å². The first-order chi connectivity index (χ1) is 9.51. The maximum absolute atomic E-state index is 12.1. The minimum atomic E-state index is -0.104. The van der Waals surface area contributed by atoms with Crippen LogP contribution in [0.5, 0.6) is 0 Å². The van der Waals surface area contributed by atoms with Crippen LogP contribution >= 0.6 is 23.1 Å². The van der Waals surface area contributed by atoms with Crippen molar-refractivity contribution in [1.29, 1.82) is 0 Å². The van der Waals surface area contributed by atoms with Crippen LogP contribution in [0.4, 0.5) is 0 Å². The number of fused-ring (bicyclic) bond motifs is 1. The summed E-state index contributed by atoms with van der Waals surface area (Å²) in [5, 5.41) is 9.13. The SMILES string of the molecule is CNC(=O)C(CC(C)C)NC1C[C@H](C)Sc2sccc21. The van der Waals surface area contributed by atoms with Crippen LogP contribution in [0.2, 0.25) is 0 Å². The van der Waals surface area contributed by atoms with Crippen LogP contribution in [0.1, 0.15) is 45.2 Å². The molecule has 0 aromatic carbocycles. The Morgan fingerprint density at radius 2 is 2.25 bits per heavy atom. The van der Waals surface area contributed by atoms with Crippen molar-refractivity contribution in [3.8, 4) is 0 Å². The zero-order valence-electron chi connectivity index (χ0n) is 12.6. The van der Waals surface area contributed by atoms with Crippen LogP contribution in [0, 0.1) is 5.92 Å². The summed E-state index contributed by atoms with van der Waals surface area (Å²) in [6.45, 7) is 6.58. The fourth-order valence-corrected chi connectivity index (χ4v) is 5.21. The maximum Gasteiger partial charge on any atom is 0.236 e. The summed E-state index contributed by atoms with van der Waals surface area (Å²) in [7, 11) is 1.71. The smallest absolute Gasteiger partial charge is 0.236 e. The Balaban J connectivity index is 2.12. The van der Waals surface area contributed by atoms with E-state index in [9.17, 15) is 4.79 Å². The standard InChI is InChI=1S/C15H24N2OS2/c1-9(2)7-13(14(18)16-4)17-12-8-10(3)20-15-11(12)5-6-19-15/h5-6,9-10,12-13,17H,7-8H2,1-4H3,(H,16,18)/t10-,12?,13?/m0/s1. The fraction of sp³-hybridized carbons (Fsp3) is 0.667. The lowest BCUT2D eigenvalue weighted by Crippen LogP contribution is -2.46. The highest BCUT2D eigenvalue weighted by atomic mass is 32.2. The summed E-state index contributed by atoms with van der Waals surface area (Å²) in [4.78, 5) is 12.1. The van der Waals surface area contributed by atoms with Crippen LogP contribution in [-0.2, 0) is 4.79 Å². The van der Waals surface area contributed by atoms with E-state index in [1.54, 1.807) is 7.05 Å². The van der Waals surface area contributed by atoms with Crippen LogP contribution < -0.4 is 10.6 Å². The van der Waals surface area contributed by atoms with Gasteiger partial charge in [-0.2, -0.15) is 0 Å². The summed E-state index contributed by atoms with van der Waals surface area (Å²) in [6, 6.07) is 2.40. The molecule has 0 radical (unpaired) electrons. The van der Waals surface area contributed by atoms with Gasteiger partial charge in [-0.15, -0.1) is 23.1 Å². The summed E-state index contributed by atoms with van der Waals surface area (Å²) in [6.07, 6.45) is 1.96. The molecule has 20 heavy (non-hydrogen) atoms. The van der Waals surface area contributed by atoms with E-state index in [1.165, 1.54) is 9.77 Å². The minimum Gasteiger partial charge on any atom is -0.358 e. The molecule has 2 rings (SSSR count). The minimum absolute atomic E-state index is 0.0985. The molecule has 2 heterocycles. The van der Waals surface area contributed by atoms with Crippen molar-refractivity contribution in [1.82, 2.24) is 10.6 Å². The normalized spacial score (nSPS) is 23.4. The number of nitrogens with one attached hydrogen (secondary N) is 2. The van der Waals surface area contributed by atoms with E-state index >= 15 is 0 Å². The first-order valence-corrected chi connectivity index (χ1v) is 8.98. The number of thioether (sulfide) groups is 1. The van der Waals surface area contributed by atoms with Gasteiger partial charge in [0.2, 0.25) is 5.91 Å². The van der Waals surface area contributed by atoms with Gasteiger partial charge in [0.25, 0.3) is 0 Å². The average molecular weight is 313 g/mol. The van der Waals surface area contributed by atoms with Gasteiger partial charge in [0.15, 0.2) is 0 Å². The highest BCUT2D eigenvalue weighted by molar-refractivity contribution is 8.01. The molecule has 3 nitrogen and oxygen atoms in total. The summed E-state index contributed by atoms with van der Waals surface area (Å²) < 4.78 is 1.40.